The number of hydrogen-bond acceptors (Lipinski definition) is 3. The molecular weight excluding hydrogens is 232 g/mol. The Morgan fingerprint density at radius 3 is 2.67 bits per heavy atom. The van der Waals surface area contributed by atoms with Crippen LogP contribution in [0.15, 0.2) is 0 Å². The molecule has 2 rings (SSSR count). The van der Waals surface area contributed by atoms with Gasteiger partial charge < -0.3 is 15.7 Å². The highest BCUT2D eigenvalue weighted by atomic mass is 16.4. The number of amides is 1. The van der Waals surface area contributed by atoms with Crippen molar-refractivity contribution in [2.75, 3.05) is 6.54 Å². The average Bonchev–Trinajstić information content (AvgIpc) is 2.86. The van der Waals surface area contributed by atoms with Crippen molar-refractivity contribution in [1.82, 2.24) is 4.90 Å². The van der Waals surface area contributed by atoms with Crippen LogP contribution in [-0.2, 0) is 9.59 Å². The van der Waals surface area contributed by atoms with Gasteiger partial charge in [-0.05, 0) is 32.6 Å². The largest absolute Gasteiger partial charge is 0.481 e. The van der Waals surface area contributed by atoms with Gasteiger partial charge in [-0.1, -0.05) is 6.42 Å². The highest BCUT2D eigenvalue weighted by molar-refractivity contribution is 5.84. The van der Waals surface area contributed by atoms with Crippen molar-refractivity contribution in [3.63, 3.8) is 0 Å². The van der Waals surface area contributed by atoms with Crippen LogP contribution in [0.4, 0.5) is 0 Å². The molecule has 1 aliphatic carbocycles. The van der Waals surface area contributed by atoms with Gasteiger partial charge in [0.2, 0.25) is 5.91 Å². The molecule has 1 amide bonds. The summed E-state index contributed by atoms with van der Waals surface area (Å²) in [5.41, 5.74) is 5.58. The Balaban J connectivity index is 2.10. The Labute approximate surface area is 107 Å². The number of aliphatic carboxylic acids is 1. The van der Waals surface area contributed by atoms with Crippen LogP contribution >= 0.6 is 0 Å². The summed E-state index contributed by atoms with van der Waals surface area (Å²) in [7, 11) is 0. The average molecular weight is 254 g/mol. The predicted molar refractivity (Wildman–Crippen MR) is 66.9 cm³/mol. The van der Waals surface area contributed by atoms with Gasteiger partial charge in [-0.25, -0.2) is 0 Å². The van der Waals surface area contributed by atoms with Crippen LogP contribution in [0.3, 0.4) is 0 Å². The lowest BCUT2D eigenvalue weighted by atomic mass is 9.83. The molecule has 102 valence electrons. The molecule has 0 bridgehead atoms. The zero-order valence-corrected chi connectivity index (χ0v) is 10.9. The molecule has 1 aliphatic heterocycles. The summed E-state index contributed by atoms with van der Waals surface area (Å²) in [6, 6.07) is -0.226. The summed E-state index contributed by atoms with van der Waals surface area (Å²) in [6.45, 7) is 2.61. The third kappa shape index (κ3) is 2.23. The second-order valence-electron chi connectivity index (χ2n) is 5.81. The van der Waals surface area contributed by atoms with Crippen LogP contribution in [0.25, 0.3) is 0 Å². The van der Waals surface area contributed by atoms with E-state index in [0.29, 0.717) is 6.54 Å². The van der Waals surface area contributed by atoms with Gasteiger partial charge in [0, 0.05) is 18.6 Å². The summed E-state index contributed by atoms with van der Waals surface area (Å²) in [6.07, 6.45) is 4.44. The molecule has 2 fully saturated rings. The van der Waals surface area contributed by atoms with Gasteiger partial charge in [-0.3, -0.25) is 9.59 Å². The summed E-state index contributed by atoms with van der Waals surface area (Å²) in [4.78, 5) is 25.2. The van der Waals surface area contributed by atoms with Crippen molar-refractivity contribution in [3.8, 4) is 0 Å². The molecule has 5 nitrogen and oxygen atoms in total. The van der Waals surface area contributed by atoms with Gasteiger partial charge in [-0.2, -0.15) is 0 Å². The third-order valence-corrected chi connectivity index (χ3v) is 4.57. The molecular formula is C13H22N2O3. The van der Waals surface area contributed by atoms with Gasteiger partial charge in [-0.15, -0.1) is 0 Å². The predicted octanol–water partition coefficient (Wildman–Crippen LogP) is 0.970. The summed E-state index contributed by atoms with van der Waals surface area (Å²) >= 11 is 0. The number of carboxylic acid groups (broad SMARTS) is 1. The Bertz CT molecular complexity index is 358. The van der Waals surface area contributed by atoms with Gasteiger partial charge in [0.05, 0.1) is 11.8 Å². The van der Waals surface area contributed by atoms with Gasteiger partial charge in [0.15, 0.2) is 0 Å². The number of carboxylic acids is 1. The highest BCUT2D eigenvalue weighted by Crippen LogP contribution is 2.40. The number of hydrogen-bond donors (Lipinski definition) is 2. The van der Waals surface area contributed by atoms with Crippen LogP contribution < -0.4 is 5.73 Å². The van der Waals surface area contributed by atoms with Crippen LogP contribution in [0, 0.1) is 5.41 Å². The molecule has 5 heteroatoms. The number of likely N-dealkylation sites (tertiary alicyclic amines) is 1. The maximum absolute atomic E-state index is 12.6. The molecule has 18 heavy (non-hydrogen) atoms. The van der Waals surface area contributed by atoms with E-state index in [0.717, 1.165) is 32.1 Å². The van der Waals surface area contributed by atoms with E-state index < -0.39 is 11.4 Å². The molecule has 3 atom stereocenters. The molecule has 1 saturated heterocycles. The second-order valence-corrected chi connectivity index (χ2v) is 5.81. The molecule has 1 heterocycles. The van der Waals surface area contributed by atoms with Crippen molar-refractivity contribution in [3.05, 3.63) is 0 Å². The van der Waals surface area contributed by atoms with E-state index in [1.165, 1.54) is 0 Å². The third-order valence-electron chi connectivity index (χ3n) is 4.57. The maximum Gasteiger partial charge on any atom is 0.305 e. The SMILES string of the molecule is CC1(C(=O)N2CCCC2CC(=O)O)CCCC1N. The van der Waals surface area contributed by atoms with Crippen LogP contribution in [0.2, 0.25) is 0 Å². The lowest BCUT2D eigenvalue weighted by Gasteiger charge is -2.35. The standard InChI is InChI=1S/C13H22N2O3/c1-13(6-2-5-10(13)14)12(18)15-7-3-4-9(15)8-11(16)17/h9-10H,2-8,14H2,1H3,(H,16,17). The van der Waals surface area contributed by atoms with E-state index in [2.05, 4.69) is 0 Å². The molecule has 2 aliphatic rings. The minimum absolute atomic E-state index is 0.0526. The number of nitrogens with two attached hydrogens (primary N) is 1. The zero-order chi connectivity index (χ0) is 13.3. The Hall–Kier alpha value is -1.10. The van der Waals surface area contributed by atoms with Crippen molar-refractivity contribution >= 4 is 11.9 Å². The quantitative estimate of drug-likeness (QED) is 0.786. The molecule has 0 radical (unpaired) electrons. The summed E-state index contributed by atoms with van der Waals surface area (Å²) in [5.74, 6) is -0.767. The fraction of sp³-hybridized carbons (Fsp3) is 0.846. The number of carbonyl (C=O) groups excluding carboxylic acids is 1. The van der Waals surface area contributed by atoms with Crippen LogP contribution in [-0.4, -0.2) is 40.5 Å². The maximum atomic E-state index is 12.6. The number of nitrogens with zero attached hydrogens (tertiary/aromatic N) is 1. The first kappa shape index (κ1) is 13.3. The lowest BCUT2D eigenvalue weighted by Crippen LogP contribution is -2.51. The smallest absolute Gasteiger partial charge is 0.305 e. The van der Waals surface area contributed by atoms with Crippen molar-refractivity contribution < 1.29 is 14.7 Å². The first-order valence-electron chi connectivity index (χ1n) is 6.73. The van der Waals surface area contributed by atoms with E-state index in [-0.39, 0.29) is 24.4 Å². The monoisotopic (exact) mass is 254 g/mol. The molecule has 0 aromatic heterocycles. The first-order valence-corrected chi connectivity index (χ1v) is 6.73. The fourth-order valence-electron chi connectivity index (χ4n) is 3.30. The summed E-state index contributed by atoms with van der Waals surface area (Å²) in [5, 5.41) is 8.89. The van der Waals surface area contributed by atoms with Gasteiger partial charge >= 0.3 is 5.97 Å². The Kier molecular flexibility index (Phi) is 3.61. The minimum Gasteiger partial charge on any atom is -0.481 e. The van der Waals surface area contributed by atoms with Crippen molar-refractivity contribution in [1.29, 1.82) is 0 Å². The summed E-state index contributed by atoms with van der Waals surface area (Å²) < 4.78 is 0. The van der Waals surface area contributed by atoms with Crippen LogP contribution in [0.5, 0.6) is 0 Å². The molecule has 3 N–H and O–H groups in total. The first-order chi connectivity index (χ1) is 8.45. The molecule has 1 saturated carbocycles. The molecule has 0 spiro atoms. The minimum atomic E-state index is -0.833. The fourth-order valence-corrected chi connectivity index (χ4v) is 3.30. The van der Waals surface area contributed by atoms with E-state index in [1.807, 2.05) is 6.92 Å². The van der Waals surface area contributed by atoms with E-state index in [4.69, 9.17) is 10.8 Å². The van der Waals surface area contributed by atoms with Gasteiger partial charge in [0.1, 0.15) is 0 Å². The highest BCUT2D eigenvalue weighted by Gasteiger charge is 2.47. The zero-order valence-electron chi connectivity index (χ0n) is 10.9. The lowest BCUT2D eigenvalue weighted by molar-refractivity contribution is -0.145. The molecule has 3 unspecified atom stereocenters. The van der Waals surface area contributed by atoms with E-state index in [1.54, 1.807) is 4.90 Å². The van der Waals surface area contributed by atoms with Crippen molar-refractivity contribution in [2.45, 2.75) is 57.5 Å². The topological polar surface area (TPSA) is 83.6 Å². The normalized spacial score (nSPS) is 36.0. The number of rotatable bonds is 3. The second kappa shape index (κ2) is 4.88. The number of carbonyl (C=O) groups is 2. The Morgan fingerprint density at radius 2 is 2.11 bits per heavy atom. The Morgan fingerprint density at radius 1 is 1.39 bits per heavy atom. The van der Waals surface area contributed by atoms with Crippen molar-refractivity contribution in [2.24, 2.45) is 11.1 Å². The van der Waals surface area contributed by atoms with E-state index in [9.17, 15) is 9.59 Å². The van der Waals surface area contributed by atoms with E-state index >= 15 is 0 Å². The van der Waals surface area contributed by atoms with Gasteiger partial charge in [0.25, 0.3) is 0 Å². The molecule has 0 aromatic rings. The van der Waals surface area contributed by atoms with Crippen LogP contribution in [0.1, 0.15) is 45.4 Å². The molecule has 0 aromatic carbocycles.